The zero-order chi connectivity index (χ0) is 14.1. The number of aromatic amines is 1. The number of pyridine rings is 1. The molecule has 0 aliphatic heterocycles. The monoisotopic (exact) mass is 335 g/mol. The van der Waals surface area contributed by atoms with E-state index in [1.54, 1.807) is 12.1 Å². The molecule has 0 amide bonds. The Hall–Kier alpha value is -2.15. The number of aromatic nitrogens is 3. The number of hydrogen-bond acceptors (Lipinski definition) is 5. The Kier molecular flexibility index (Phi) is 3.27. The zero-order valence-electron chi connectivity index (χ0n) is 10.5. The van der Waals surface area contributed by atoms with Crippen molar-refractivity contribution < 1.29 is 8.94 Å². The van der Waals surface area contributed by atoms with E-state index in [4.69, 9.17) is 8.94 Å². The maximum Gasteiger partial charge on any atom is 0.258 e. The Morgan fingerprint density at radius 1 is 1.35 bits per heavy atom. The maximum atomic E-state index is 11.6. The fourth-order valence-corrected chi connectivity index (χ4v) is 2.10. The second-order valence-corrected chi connectivity index (χ2v) is 4.92. The van der Waals surface area contributed by atoms with Crippen molar-refractivity contribution in [1.82, 2.24) is 15.1 Å². The minimum atomic E-state index is -0.195. The lowest BCUT2D eigenvalue weighted by atomic mass is 10.2. The summed E-state index contributed by atoms with van der Waals surface area (Å²) in [6.45, 7) is 1.95. The molecule has 0 radical (unpaired) electrons. The third kappa shape index (κ3) is 2.44. The van der Waals surface area contributed by atoms with E-state index in [-0.39, 0.29) is 11.4 Å². The summed E-state index contributed by atoms with van der Waals surface area (Å²) in [4.78, 5) is 18.5. The average Bonchev–Trinajstić information content (AvgIpc) is 3.06. The van der Waals surface area contributed by atoms with Gasteiger partial charge >= 0.3 is 0 Å². The maximum absolute atomic E-state index is 11.6. The molecule has 0 aromatic carbocycles. The highest BCUT2D eigenvalue weighted by atomic mass is 79.9. The van der Waals surface area contributed by atoms with Crippen LogP contribution in [0.5, 0.6) is 0 Å². The molecule has 7 heteroatoms. The van der Waals surface area contributed by atoms with Gasteiger partial charge in [-0.1, -0.05) is 12.1 Å². The Morgan fingerprint density at radius 3 is 2.90 bits per heavy atom. The summed E-state index contributed by atoms with van der Waals surface area (Å²) in [6.07, 6.45) is 0.717. The zero-order valence-corrected chi connectivity index (χ0v) is 12.1. The molecule has 3 aromatic rings. The third-order valence-electron chi connectivity index (χ3n) is 2.75. The summed E-state index contributed by atoms with van der Waals surface area (Å²) >= 11 is 3.21. The molecule has 0 unspecified atom stereocenters. The van der Waals surface area contributed by atoms with Crippen molar-refractivity contribution in [3.8, 4) is 23.0 Å². The summed E-state index contributed by atoms with van der Waals surface area (Å²) in [5, 5.41) is 3.85. The molecule has 1 N–H and O–H groups in total. The predicted molar refractivity (Wildman–Crippen MR) is 75.1 cm³/mol. The van der Waals surface area contributed by atoms with Gasteiger partial charge in [0, 0.05) is 17.3 Å². The van der Waals surface area contributed by atoms with Gasteiger partial charge in [0.15, 0.2) is 10.4 Å². The quantitative estimate of drug-likeness (QED) is 0.795. The minimum Gasteiger partial charge on any atom is -0.446 e. The molecule has 0 bridgehead atoms. The number of nitrogens with zero attached hydrogens (tertiary/aromatic N) is 2. The molecule has 0 spiro atoms. The Morgan fingerprint density at radius 2 is 2.20 bits per heavy atom. The van der Waals surface area contributed by atoms with Gasteiger partial charge in [-0.25, -0.2) is 0 Å². The van der Waals surface area contributed by atoms with Crippen molar-refractivity contribution in [1.29, 1.82) is 0 Å². The van der Waals surface area contributed by atoms with Crippen molar-refractivity contribution >= 4 is 15.9 Å². The van der Waals surface area contributed by atoms with Gasteiger partial charge in [-0.3, -0.25) is 4.79 Å². The van der Waals surface area contributed by atoms with Crippen LogP contribution in [0, 0.1) is 0 Å². The fraction of sp³-hybridized carbons (Fsp3) is 0.154. The average molecular weight is 336 g/mol. The molecule has 0 aliphatic rings. The molecule has 0 aliphatic carbocycles. The van der Waals surface area contributed by atoms with Crippen molar-refractivity contribution in [3.05, 3.63) is 45.0 Å². The van der Waals surface area contributed by atoms with Crippen LogP contribution >= 0.6 is 15.9 Å². The van der Waals surface area contributed by atoms with Crippen molar-refractivity contribution in [2.45, 2.75) is 13.3 Å². The fourth-order valence-electron chi connectivity index (χ4n) is 1.79. The van der Waals surface area contributed by atoms with E-state index in [9.17, 15) is 4.79 Å². The highest BCUT2D eigenvalue weighted by molar-refractivity contribution is 9.10. The number of rotatable bonds is 3. The normalized spacial score (nSPS) is 10.9. The van der Waals surface area contributed by atoms with Gasteiger partial charge in [-0.2, -0.15) is 4.98 Å². The number of aryl methyl sites for hydroxylation is 1. The van der Waals surface area contributed by atoms with Gasteiger partial charge in [0.25, 0.3) is 5.89 Å². The first kappa shape index (κ1) is 12.9. The van der Waals surface area contributed by atoms with E-state index in [2.05, 4.69) is 31.1 Å². The van der Waals surface area contributed by atoms with Crippen LogP contribution in [-0.4, -0.2) is 15.1 Å². The number of furan rings is 1. The predicted octanol–water partition coefficient (Wildman–Crippen LogP) is 3.01. The highest BCUT2D eigenvalue weighted by Gasteiger charge is 2.14. The van der Waals surface area contributed by atoms with Gasteiger partial charge < -0.3 is 13.9 Å². The standard InChI is InChI=1S/C13H10BrN3O3/c1-2-8-5-7(6-11(18)15-8)13-16-12(17-20-13)9-3-4-10(14)19-9/h3-6H,2H2,1H3,(H,15,18). The summed E-state index contributed by atoms with van der Waals surface area (Å²) in [6, 6.07) is 6.72. The van der Waals surface area contributed by atoms with E-state index < -0.39 is 0 Å². The van der Waals surface area contributed by atoms with Gasteiger partial charge in [-0.05, 0) is 40.5 Å². The Bertz CT molecular complexity index is 803. The Balaban J connectivity index is 2.02. The van der Waals surface area contributed by atoms with Gasteiger partial charge in [-0.15, -0.1) is 0 Å². The summed E-state index contributed by atoms with van der Waals surface area (Å²) in [5.41, 5.74) is 1.21. The van der Waals surface area contributed by atoms with Crippen LogP contribution in [0.2, 0.25) is 0 Å². The van der Waals surface area contributed by atoms with Crippen LogP contribution < -0.4 is 5.56 Å². The molecule has 0 saturated carbocycles. The van der Waals surface area contributed by atoms with Crippen molar-refractivity contribution in [2.24, 2.45) is 0 Å². The molecule has 0 fully saturated rings. The topological polar surface area (TPSA) is 84.9 Å². The molecule has 102 valence electrons. The number of H-pyrrole nitrogens is 1. The SMILES string of the molecule is CCc1cc(-c2nc(-c3ccc(Br)o3)no2)cc(=O)[nH]1. The van der Waals surface area contributed by atoms with Crippen LogP contribution in [0.15, 0.2) is 42.7 Å². The van der Waals surface area contributed by atoms with E-state index >= 15 is 0 Å². The summed E-state index contributed by atoms with van der Waals surface area (Å²) in [5.74, 6) is 1.12. The molecule has 3 rings (SSSR count). The molecule has 3 heterocycles. The summed E-state index contributed by atoms with van der Waals surface area (Å²) in [7, 11) is 0. The molecular weight excluding hydrogens is 326 g/mol. The van der Waals surface area contributed by atoms with Gasteiger partial charge in [0.1, 0.15) is 0 Å². The lowest BCUT2D eigenvalue weighted by Crippen LogP contribution is -2.07. The second kappa shape index (κ2) is 5.09. The van der Waals surface area contributed by atoms with E-state index in [0.29, 0.717) is 21.8 Å². The first-order chi connectivity index (χ1) is 9.65. The van der Waals surface area contributed by atoms with E-state index in [0.717, 1.165) is 12.1 Å². The van der Waals surface area contributed by atoms with Crippen LogP contribution in [0.4, 0.5) is 0 Å². The molecule has 20 heavy (non-hydrogen) atoms. The molecule has 6 nitrogen and oxygen atoms in total. The lowest BCUT2D eigenvalue weighted by molar-refractivity contribution is 0.429. The first-order valence-electron chi connectivity index (χ1n) is 5.98. The third-order valence-corrected chi connectivity index (χ3v) is 3.17. The van der Waals surface area contributed by atoms with E-state index in [1.807, 2.05) is 13.0 Å². The van der Waals surface area contributed by atoms with Crippen molar-refractivity contribution in [3.63, 3.8) is 0 Å². The first-order valence-corrected chi connectivity index (χ1v) is 6.78. The van der Waals surface area contributed by atoms with Gasteiger partial charge in [0.2, 0.25) is 11.4 Å². The highest BCUT2D eigenvalue weighted by Crippen LogP contribution is 2.25. The van der Waals surface area contributed by atoms with Crippen molar-refractivity contribution in [2.75, 3.05) is 0 Å². The number of hydrogen-bond donors (Lipinski definition) is 1. The lowest BCUT2D eigenvalue weighted by Gasteiger charge is -1.98. The number of halogens is 1. The Labute approximate surface area is 122 Å². The minimum absolute atomic E-state index is 0.195. The largest absolute Gasteiger partial charge is 0.446 e. The van der Waals surface area contributed by atoms with Crippen LogP contribution in [0.3, 0.4) is 0 Å². The number of nitrogens with one attached hydrogen (secondary N) is 1. The van der Waals surface area contributed by atoms with Crippen LogP contribution in [-0.2, 0) is 6.42 Å². The summed E-state index contributed by atoms with van der Waals surface area (Å²) < 4.78 is 11.1. The van der Waals surface area contributed by atoms with Crippen LogP contribution in [0.1, 0.15) is 12.6 Å². The van der Waals surface area contributed by atoms with E-state index in [1.165, 1.54) is 6.07 Å². The second-order valence-electron chi connectivity index (χ2n) is 4.14. The van der Waals surface area contributed by atoms with Gasteiger partial charge in [0.05, 0.1) is 0 Å². The smallest absolute Gasteiger partial charge is 0.258 e. The molecule has 0 saturated heterocycles. The van der Waals surface area contributed by atoms with Crippen LogP contribution in [0.25, 0.3) is 23.0 Å². The molecule has 3 aromatic heterocycles. The molecular formula is C13H10BrN3O3. The molecule has 0 atom stereocenters.